The number of hydrogen-bond acceptors (Lipinski definition) is 3. The van der Waals surface area contributed by atoms with Gasteiger partial charge in [-0.15, -0.1) is 0 Å². The second kappa shape index (κ2) is 5.61. The van der Waals surface area contributed by atoms with Crippen LogP contribution in [0.5, 0.6) is 0 Å². The van der Waals surface area contributed by atoms with Crippen molar-refractivity contribution in [3.8, 4) is 12.3 Å². The van der Waals surface area contributed by atoms with Gasteiger partial charge < -0.3 is 0 Å². The van der Waals surface area contributed by atoms with Gasteiger partial charge in [0.15, 0.2) is 6.19 Å². The van der Waals surface area contributed by atoms with Crippen molar-refractivity contribution in [2.24, 2.45) is 11.3 Å². The van der Waals surface area contributed by atoms with E-state index >= 15 is 0 Å². The van der Waals surface area contributed by atoms with Gasteiger partial charge in [0.05, 0.1) is 6.07 Å². The molecular weight excluding hydrogens is 186 g/mol. The quantitative estimate of drug-likeness (QED) is 0.526. The first kappa shape index (κ1) is 13.8. The third-order valence-corrected chi connectivity index (χ3v) is 2.36. The van der Waals surface area contributed by atoms with Gasteiger partial charge in [0.25, 0.3) is 0 Å². The molecule has 2 unspecified atom stereocenters. The highest BCUT2D eigenvalue weighted by Gasteiger charge is 2.20. The Labute approximate surface area is 93.3 Å². The summed E-state index contributed by atoms with van der Waals surface area (Å²) >= 11 is 0. The molecule has 0 saturated carbocycles. The fraction of sp³-hybridized carbons (Fsp3) is 0.833. The zero-order valence-corrected chi connectivity index (χ0v) is 10.4. The standard InChI is InChI=1S/C12H21N3/c1-10(7-12(2,3)4)6-11(8-13)15(5)9-14/h10-11H,6-7H2,1-5H3. The molecule has 2 atom stereocenters. The predicted molar refractivity (Wildman–Crippen MR) is 60.6 cm³/mol. The Balaban J connectivity index is 4.22. The first-order valence-electron chi connectivity index (χ1n) is 5.32. The van der Waals surface area contributed by atoms with E-state index in [1.807, 2.05) is 6.19 Å². The summed E-state index contributed by atoms with van der Waals surface area (Å²) < 4.78 is 0. The van der Waals surface area contributed by atoms with Crippen molar-refractivity contribution in [1.82, 2.24) is 4.90 Å². The van der Waals surface area contributed by atoms with Crippen LogP contribution in [0.25, 0.3) is 0 Å². The molecule has 0 spiro atoms. The van der Waals surface area contributed by atoms with Crippen LogP contribution in [0.2, 0.25) is 0 Å². The second-order valence-corrected chi connectivity index (χ2v) is 5.46. The molecule has 3 nitrogen and oxygen atoms in total. The first-order valence-corrected chi connectivity index (χ1v) is 5.32. The zero-order chi connectivity index (χ0) is 12.1. The fourth-order valence-electron chi connectivity index (χ4n) is 1.88. The van der Waals surface area contributed by atoms with E-state index in [9.17, 15) is 0 Å². The maximum absolute atomic E-state index is 8.93. The van der Waals surface area contributed by atoms with E-state index < -0.39 is 0 Å². The number of nitriles is 2. The number of nitrogens with zero attached hydrogens (tertiary/aromatic N) is 3. The molecule has 0 fully saturated rings. The van der Waals surface area contributed by atoms with Crippen LogP contribution < -0.4 is 0 Å². The summed E-state index contributed by atoms with van der Waals surface area (Å²) in [5, 5.41) is 17.6. The van der Waals surface area contributed by atoms with E-state index in [4.69, 9.17) is 10.5 Å². The molecule has 0 aromatic rings. The van der Waals surface area contributed by atoms with Gasteiger partial charge >= 0.3 is 0 Å². The molecule has 0 aromatic carbocycles. The summed E-state index contributed by atoms with van der Waals surface area (Å²) in [6.45, 7) is 8.72. The Hall–Kier alpha value is -1.22. The van der Waals surface area contributed by atoms with E-state index in [0.717, 1.165) is 12.8 Å². The number of hydrogen-bond donors (Lipinski definition) is 0. The highest BCUT2D eigenvalue weighted by atomic mass is 15.1. The van der Waals surface area contributed by atoms with Crippen molar-refractivity contribution >= 4 is 0 Å². The summed E-state index contributed by atoms with van der Waals surface area (Å²) in [5.41, 5.74) is 0.282. The predicted octanol–water partition coefficient (Wildman–Crippen LogP) is 2.75. The molecular formula is C12H21N3. The third kappa shape index (κ3) is 5.96. The minimum absolute atomic E-state index is 0.282. The molecule has 0 heterocycles. The van der Waals surface area contributed by atoms with Crippen LogP contribution in [0, 0.1) is 34.1 Å². The smallest absolute Gasteiger partial charge is 0.180 e. The van der Waals surface area contributed by atoms with E-state index in [1.165, 1.54) is 4.90 Å². The normalized spacial score (nSPS) is 14.9. The van der Waals surface area contributed by atoms with Gasteiger partial charge in [0, 0.05) is 7.05 Å². The Morgan fingerprint density at radius 2 is 1.80 bits per heavy atom. The molecule has 0 saturated heterocycles. The first-order chi connectivity index (χ1) is 6.80. The second-order valence-electron chi connectivity index (χ2n) is 5.46. The minimum Gasteiger partial charge on any atom is -0.297 e. The molecule has 0 rings (SSSR count). The lowest BCUT2D eigenvalue weighted by Crippen LogP contribution is -2.28. The highest BCUT2D eigenvalue weighted by Crippen LogP contribution is 2.27. The summed E-state index contributed by atoms with van der Waals surface area (Å²) in [4.78, 5) is 1.43. The zero-order valence-electron chi connectivity index (χ0n) is 10.4. The van der Waals surface area contributed by atoms with Crippen molar-refractivity contribution in [3.05, 3.63) is 0 Å². The van der Waals surface area contributed by atoms with Crippen molar-refractivity contribution < 1.29 is 0 Å². The van der Waals surface area contributed by atoms with Crippen molar-refractivity contribution in [2.75, 3.05) is 7.05 Å². The van der Waals surface area contributed by atoms with Crippen LogP contribution in [0.4, 0.5) is 0 Å². The fourth-order valence-corrected chi connectivity index (χ4v) is 1.88. The maximum Gasteiger partial charge on any atom is 0.180 e. The van der Waals surface area contributed by atoms with Gasteiger partial charge in [-0.3, -0.25) is 4.90 Å². The summed E-state index contributed by atoms with van der Waals surface area (Å²) in [7, 11) is 1.66. The van der Waals surface area contributed by atoms with Crippen LogP contribution in [0.15, 0.2) is 0 Å². The third-order valence-electron chi connectivity index (χ3n) is 2.36. The molecule has 0 amide bonds. The molecule has 0 aromatic heterocycles. The minimum atomic E-state index is -0.285. The average molecular weight is 207 g/mol. The summed E-state index contributed by atoms with van der Waals surface area (Å²) in [5.74, 6) is 0.463. The van der Waals surface area contributed by atoms with Gasteiger partial charge in [-0.1, -0.05) is 27.7 Å². The van der Waals surface area contributed by atoms with E-state index in [-0.39, 0.29) is 11.5 Å². The lowest BCUT2D eigenvalue weighted by molar-refractivity contribution is 0.260. The molecule has 0 radical (unpaired) electrons. The lowest BCUT2D eigenvalue weighted by atomic mass is 9.83. The highest BCUT2D eigenvalue weighted by molar-refractivity contribution is 4.96. The molecule has 0 N–H and O–H groups in total. The molecule has 3 heteroatoms. The SMILES string of the molecule is CC(CC(C#N)N(C)C#N)CC(C)(C)C. The summed E-state index contributed by atoms with van der Waals surface area (Å²) in [6.07, 6.45) is 3.83. The monoisotopic (exact) mass is 207 g/mol. The van der Waals surface area contributed by atoms with Gasteiger partial charge in [0.2, 0.25) is 0 Å². The topological polar surface area (TPSA) is 50.8 Å². The van der Waals surface area contributed by atoms with E-state index in [0.29, 0.717) is 5.92 Å². The molecule has 0 bridgehead atoms. The molecule has 0 aliphatic rings. The lowest BCUT2D eigenvalue weighted by Gasteiger charge is -2.26. The van der Waals surface area contributed by atoms with Crippen molar-refractivity contribution in [1.29, 1.82) is 10.5 Å². The van der Waals surface area contributed by atoms with Gasteiger partial charge in [0.1, 0.15) is 6.04 Å². The van der Waals surface area contributed by atoms with E-state index in [1.54, 1.807) is 7.05 Å². The van der Waals surface area contributed by atoms with Crippen LogP contribution in [-0.2, 0) is 0 Å². The van der Waals surface area contributed by atoms with E-state index in [2.05, 4.69) is 33.8 Å². The van der Waals surface area contributed by atoms with Crippen LogP contribution >= 0.6 is 0 Å². The molecule has 84 valence electrons. The Bertz CT molecular complexity index is 264. The van der Waals surface area contributed by atoms with Crippen molar-refractivity contribution in [2.45, 2.75) is 46.6 Å². The Kier molecular flexibility index (Phi) is 5.15. The largest absolute Gasteiger partial charge is 0.297 e. The van der Waals surface area contributed by atoms with Gasteiger partial charge in [-0.2, -0.15) is 10.5 Å². The molecule has 0 aliphatic carbocycles. The molecule has 15 heavy (non-hydrogen) atoms. The Morgan fingerprint density at radius 1 is 1.27 bits per heavy atom. The van der Waals surface area contributed by atoms with Crippen molar-refractivity contribution in [3.63, 3.8) is 0 Å². The van der Waals surface area contributed by atoms with Crippen LogP contribution in [-0.4, -0.2) is 18.0 Å². The van der Waals surface area contributed by atoms with Crippen LogP contribution in [0.3, 0.4) is 0 Å². The summed E-state index contributed by atoms with van der Waals surface area (Å²) in [6, 6.07) is 1.89. The number of rotatable bonds is 4. The maximum atomic E-state index is 8.93. The van der Waals surface area contributed by atoms with Gasteiger partial charge in [-0.05, 0) is 24.2 Å². The van der Waals surface area contributed by atoms with Gasteiger partial charge in [-0.25, -0.2) is 0 Å². The Morgan fingerprint density at radius 3 is 2.13 bits per heavy atom. The van der Waals surface area contributed by atoms with Crippen LogP contribution in [0.1, 0.15) is 40.5 Å². The average Bonchev–Trinajstić information content (AvgIpc) is 2.10. The molecule has 0 aliphatic heterocycles.